The molecule has 0 aliphatic rings. The lowest BCUT2D eigenvalue weighted by atomic mass is 10.3. The van der Waals surface area contributed by atoms with E-state index in [-0.39, 0.29) is 11.4 Å². The van der Waals surface area contributed by atoms with Crippen molar-refractivity contribution in [3.63, 3.8) is 0 Å². The summed E-state index contributed by atoms with van der Waals surface area (Å²) in [5.74, 6) is 0.755. The first-order valence-corrected chi connectivity index (χ1v) is 5.37. The van der Waals surface area contributed by atoms with E-state index in [1.54, 1.807) is 6.92 Å². The number of aliphatic hydroxyl groups excluding tert-OH is 1. The van der Waals surface area contributed by atoms with Gasteiger partial charge in [-0.2, -0.15) is 0 Å². The minimum atomic E-state index is -0.363. The standard InChI is InChI=1S/C8H16N4OS/c1-5(13)6(2)14-8-11-10-7(4-9)12(8)3/h5-6,13H,4,9H2,1-3H3. The Morgan fingerprint density at radius 2 is 2.14 bits per heavy atom. The number of hydrogen-bond donors (Lipinski definition) is 2. The summed E-state index contributed by atoms with van der Waals surface area (Å²) in [6, 6.07) is 0. The molecule has 80 valence electrons. The van der Waals surface area contributed by atoms with E-state index in [4.69, 9.17) is 5.73 Å². The van der Waals surface area contributed by atoms with Gasteiger partial charge >= 0.3 is 0 Å². The Kier molecular flexibility index (Phi) is 3.91. The van der Waals surface area contributed by atoms with Gasteiger partial charge in [0, 0.05) is 12.3 Å². The Balaban J connectivity index is 2.72. The summed E-state index contributed by atoms with van der Waals surface area (Å²) in [6.07, 6.45) is -0.363. The molecular formula is C8H16N4OS. The predicted octanol–water partition coefficient (Wildman–Crippen LogP) is 0.135. The fraction of sp³-hybridized carbons (Fsp3) is 0.750. The quantitative estimate of drug-likeness (QED) is 0.700. The van der Waals surface area contributed by atoms with Crippen molar-refractivity contribution in [3.05, 3.63) is 5.82 Å². The molecule has 0 saturated heterocycles. The molecule has 1 aromatic rings. The molecule has 0 radical (unpaired) electrons. The molecule has 3 N–H and O–H groups in total. The molecule has 0 aliphatic carbocycles. The first-order chi connectivity index (χ1) is 6.56. The van der Waals surface area contributed by atoms with Crippen LogP contribution in [0.25, 0.3) is 0 Å². The Hall–Kier alpha value is -0.590. The van der Waals surface area contributed by atoms with Crippen LogP contribution in [0.1, 0.15) is 19.7 Å². The van der Waals surface area contributed by atoms with Crippen LogP contribution in [0.2, 0.25) is 0 Å². The SMILES string of the molecule is CC(O)C(C)Sc1nnc(CN)n1C. The second-order valence-electron chi connectivity index (χ2n) is 3.23. The van der Waals surface area contributed by atoms with E-state index in [0.29, 0.717) is 6.54 Å². The van der Waals surface area contributed by atoms with Crippen molar-refractivity contribution in [3.8, 4) is 0 Å². The van der Waals surface area contributed by atoms with Gasteiger partial charge in [-0.25, -0.2) is 0 Å². The van der Waals surface area contributed by atoms with Crippen molar-refractivity contribution in [2.45, 2.75) is 36.9 Å². The van der Waals surface area contributed by atoms with Gasteiger partial charge in [-0.3, -0.25) is 0 Å². The third-order valence-corrected chi connectivity index (χ3v) is 3.41. The van der Waals surface area contributed by atoms with Crippen molar-refractivity contribution >= 4 is 11.8 Å². The van der Waals surface area contributed by atoms with E-state index in [1.807, 2.05) is 18.5 Å². The van der Waals surface area contributed by atoms with Crippen LogP contribution in [-0.2, 0) is 13.6 Å². The first-order valence-electron chi connectivity index (χ1n) is 4.49. The Bertz CT molecular complexity index is 300. The summed E-state index contributed by atoms with van der Waals surface area (Å²) in [7, 11) is 1.87. The summed E-state index contributed by atoms with van der Waals surface area (Å²) in [5.41, 5.74) is 5.47. The Morgan fingerprint density at radius 3 is 2.57 bits per heavy atom. The number of hydrogen-bond acceptors (Lipinski definition) is 5. The molecule has 2 atom stereocenters. The second kappa shape index (κ2) is 4.77. The van der Waals surface area contributed by atoms with Gasteiger partial charge in [-0.15, -0.1) is 10.2 Å². The Morgan fingerprint density at radius 1 is 1.50 bits per heavy atom. The lowest BCUT2D eigenvalue weighted by Crippen LogP contribution is -2.16. The highest BCUT2D eigenvalue weighted by Gasteiger charge is 2.15. The topological polar surface area (TPSA) is 77.0 Å². The molecule has 5 nitrogen and oxygen atoms in total. The summed E-state index contributed by atoms with van der Waals surface area (Å²) in [4.78, 5) is 0. The normalized spacial score (nSPS) is 15.5. The number of rotatable bonds is 4. The number of nitrogens with zero attached hydrogens (tertiary/aromatic N) is 3. The van der Waals surface area contributed by atoms with E-state index in [9.17, 15) is 5.11 Å². The Labute approximate surface area is 87.7 Å². The summed E-state index contributed by atoms with van der Waals surface area (Å²) in [6.45, 7) is 4.09. The van der Waals surface area contributed by atoms with Crippen LogP contribution in [-0.4, -0.2) is 31.2 Å². The number of nitrogens with two attached hydrogens (primary N) is 1. The molecular weight excluding hydrogens is 200 g/mol. The highest BCUT2D eigenvalue weighted by Crippen LogP contribution is 2.23. The van der Waals surface area contributed by atoms with Crippen molar-refractivity contribution in [1.29, 1.82) is 0 Å². The van der Waals surface area contributed by atoms with E-state index >= 15 is 0 Å². The second-order valence-corrected chi connectivity index (χ2v) is 4.57. The average Bonchev–Trinajstić information content (AvgIpc) is 2.47. The van der Waals surface area contributed by atoms with Crippen molar-refractivity contribution in [1.82, 2.24) is 14.8 Å². The fourth-order valence-electron chi connectivity index (χ4n) is 0.890. The summed E-state index contributed by atoms with van der Waals surface area (Å²) >= 11 is 1.50. The third kappa shape index (κ3) is 2.46. The van der Waals surface area contributed by atoms with E-state index in [2.05, 4.69) is 10.2 Å². The van der Waals surface area contributed by atoms with Crippen molar-refractivity contribution in [2.24, 2.45) is 12.8 Å². The van der Waals surface area contributed by atoms with Gasteiger partial charge in [-0.05, 0) is 6.92 Å². The number of aliphatic hydroxyl groups is 1. The van der Waals surface area contributed by atoms with E-state index < -0.39 is 0 Å². The van der Waals surface area contributed by atoms with Crippen LogP contribution in [0.15, 0.2) is 5.16 Å². The highest BCUT2D eigenvalue weighted by molar-refractivity contribution is 7.99. The van der Waals surface area contributed by atoms with Crippen molar-refractivity contribution in [2.75, 3.05) is 0 Å². The maximum Gasteiger partial charge on any atom is 0.191 e. The zero-order valence-electron chi connectivity index (χ0n) is 8.64. The smallest absolute Gasteiger partial charge is 0.191 e. The van der Waals surface area contributed by atoms with Gasteiger partial charge in [0.05, 0.1) is 12.6 Å². The minimum Gasteiger partial charge on any atom is -0.392 e. The zero-order chi connectivity index (χ0) is 10.7. The van der Waals surface area contributed by atoms with E-state index in [0.717, 1.165) is 11.0 Å². The maximum absolute atomic E-state index is 9.33. The molecule has 1 heterocycles. The van der Waals surface area contributed by atoms with Gasteiger partial charge in [0.15, 0.2) is 5.16 Å². The predicted molar refractivity (Wildman–Crippen MR) is 55.9 cm³/mol. The number of aromatic nitrogens is 3. The average molecular weight is 216 g/mol. The van der Waals surface area contributed by atoms with Crippen LogP contribution in [0.5, 0.6) is 0 Å². The monoisotopic (exact) mass is 216 g/mol. The van der Waals surface area contributed by atoms with Crippen LogP contribution >= 0.6 is 11.8 Å². The van der Waals surface area contributed by atoms with Crippen LogP contribution in [0.4, 0.5) is 0 Å². The molecule has 2 unspecified atom stereocenters. The molecule has 6 heteroatoms. The van der Waals surface area contributed by atoms with Gasteiger partial charge < -0.3 is 15.4 Å². The van der Waals surface area contributed by atoms with Crippen LogP contribution in [0.3, 0.4) is 0 Å². The van der Waals surface area contributed by atoms with Gasteiger partial charge in [0.25, 0.3) is 0 Å². The zero-order valence-corrected chi connectivity index (χ0v) is 9.45. The van der Waals surface area contributed by atoms with Gasteiger partial charge in [0.2, 0.25) is 0 Å². The molecule has 0 aliphatic heterocycles. The minimum absolute atomic E-state index is 0.100. The molecule has 0 saturated carbocycles. The van der Waals surface area contributed by atoms with Crippen LogP contribution in [0, 0.1) is 0 Å². The lowest BCUT2D eigenvalue weighted by Gasteiger charge is -2.12. The largest absolute Gasteiger partial charge is 0.392 e. The molecule has 0 amide bonds. The fourth-order valence-corrected chi connectivity index (χ4v) is 1.77. The molecule has 0 aromatic carbocycles. The maximum atomic E-state index is 9.33. The van der Waals surface area contributed by atoms with Gasteiger partial charge in [-0.1, -0.05) is 18.7 Å². The molecule has 1 aromatic heterocycles. The molecule has 0 fully saturated rings. The number of thioether (sulfide) groups is 1. The summed E-state index contributed by atoms with van der Waals surface area (Å²) < 4.78 is 1.85. The van der Waals surface area contributed by atoms with E-state index in [1.165, 1.54) is 11.8 Å². The molecule has 1 rings (SSSR count). The molecule has 0 bridgehead atoms. The lowest BCUT2D eigenvalue weighted by molar-refractivity contribution is 0.196. The van der Waals surface area contributed by atoms with Gasteiger partial charge in [0.1, 0.15) is 5.82 Å². The highest BCUT2D eigenvalue weighted by atomic mass is 32.2. The summed E-state index contributed by atoms with van der Waals surface area (Å²) in [5, 5.41) is 18.2. The van der Waals surface area contributed by atoms with Crippen LogP contribution < -0.4 is 5.73 Å². The third-order valence-electron chi connectivity index (χ3n) is 2.08. The van der Waals surface area contributed by atoms with Crippen molar-refractivity contribution < 1.29 is 5.11 Å². The first kappa shape index (κ1) is 11.5. The molecule has 0 spiro atoms. The molecule has 14 heavy (non-hydrogen) atoms.